The number of alkyl halides is 6. The van der Waals surface area contributed by atoms with Crippen molar-refractivity contribution in [3.8, 4) is 5.75 Å². The van der Waals surface area contributed by atoms with Crippen LogP contribution in [-0.4, -0.2) is 25.4 Å². The van der Waals surface area contributed by atoms with Gasteiger partial charge in [0.1, 0.15) is 11.9 Å². The molecule has 1 unspecified atom stereocenters. The zero-order chi connectivity index (χ0) is 15.4. The second kappa shape index (κ2) is 6.34. The molecule has 1 aromatic carbocycles. The first-order chi connectivity index (χ1) is 9.09. The molecular formula is C12H13F6NO. The number of rotatable bonds is 5. The summed E-state index contributed by atoms with van der Waals surface area (Å²) in [7, 11) is 0. The van der Waals surface area contributed by atoms with Gasteiger partial charge in [-0.1, -0.05) is 12.1 Å². The van der Waals surface area contributed by atoms with Gasteiger partial charge in [0.25, 0.3) is 0 Å². The highest BCUT2D eigenvalue weighted by molar-refractivity contribution is 5.35. The largest absolute Gasteiger partial charge is 0.489 e. The molecule has 1 aromatic rings. The minimum Gasteiger partial charge on any atom is -0.489 e. The van der Waals surface area contributed by atoms with Gasteiger partial charge in [-0.25, -0.2) is 0 Å². The summed E-state index contributed by atoms with van der Waals surface area (Å²) in [6.07, 6.45) is -9.78. The zero-order valence-electron chi connectivity index (χ0n) is 10.5. The summed E-state index contributed by atoms with van der Waals surface area (Å²) >= 11 is 0. The molecule has 2 nitrogen and oxygen atoms in total. The van der Waals surface area contributed by atoms with Crippen molar-refractivity contribution in [1.29, 1.82) is 0 Å². The Balaban J connectivity index is 2.60. The van der Waals surface area contributed by atoms with Crippen molar-refractivity contribution in [2.75, 3.05) is 13.1 Å². The first-order valence-corrected chi connectivity index (χ1v) is 5.70. The van der Waals surface area contributed by atoms with Gasteiger partial charge in [0.15, 0.2) is 0 Å². The number of ether oxygens (including phenoxy) is 1. The molecule has 0 aliphatic carbocycles. The molecule has 20 heavy (non-hydrogen) atoms. The van der Waals surface area contributed by atoms with Gasteiger partial charge in [0.2, 0.25) is 0 Å². The van der Waals surface area contributed by atoms with E-state index in [2.05, 4.69) is 5.32 Å². The molecule has 0 saturated heterocycles. The van der Waals surface area contributed by atoms with Crippen LogP contribution >= 0.6 is 0 Å². The molecule has 0 aliphatic heterocycles. The lowest BCUT2D eigenvalue weighted by atomic mass is 10.2. The third-order valence-electron chi connectivity index (χ3n) is 2.28. The van der Waals surface area contributed by atoms with E-state index in [0.717, 1.165) is 12.1 Å². The van der Waals surface area contributed by atoms with Crippen molar-refractivity contribution < 1.29 is 31.1 Å². The highest BCUT2D eigenvalue weighted by Crippen LogP contribution is 2.36. The van der Waals surface area contributed by atoms with E-state index in [-0.39, 0.29) is 6.54 Å². The Labute approximate surface area is 111 Å². The summed E-state index contributed by atoms with van der Waals surface area (Å²) in [6.45, 7) is -0.0517. The summed E-state index contributed by atoms with van der Waals surface area (Å²) in [4.78, 5) is 0. The highest BCUT2D eigenvalue weighted by atomic mass is 19.4. The first-order valence-electron chi connectivity index (χ1n) is 5.70. The SMILES string of the molecule is CC(CNCC(F)(F)F)Oc1ccccc1C(F)(F)F. The van der Waals surface area contributed by atoms with Crippen LogP contribution in [0.15, 0.2) is 24.3 Å². The molecule has 0 bridgehead atoms. The molecule has 1 rings (SSSR count). The van der Waals surface area contributed by atoms with Gasteiger partial charge in [-0.15, -0.1) is 0 Å². The summed E-state index contributed by atoms with van der Waals surface area (Å²) in [5.41, 5.74) is -0.956. The number of nitrogens with one attached hydrogen (secondary N) is 1. The second-order valence-electron chi connectivity index (χ2n) is 4.17. The maximum Gasteiger partial charge on any atom is 0.419 e. The van der Waals surface area contributed by atoms with Crippen LogP contribution in [0.5, 0.6) is 5.75 Å². The maximum absolute atomic E-state index is 12.7. The van der Waals surface area contributed by atoms with Crippen LogP contribution in [0.2, 0.25) is 0 Å². The summed E-state index contributed by atoms with van der Waals surface area (Å²) in [5.74, 6) is -0.402. The van der Waals surface area contributed by atoms with Crippen molar-refractivity contribution in [3.63, 3.8) is 0 Å². The number of para-hydroxylation sites is 1. The lowest BCUT2D eigenvalue weighted by Crippen LogP contribution is -2.35. The molecule has 0 saturated carbocycles. The molecule has 0 radical (unpaired) electrons. The van der Waals surface area contributed by atoms with Crippen LogP contribution in [0.3, 0.4) is 0 Å². The lowest BCUT2D eigenvalue weighted by Gasteiger charge is -2.19. The molecule has 1 N–H and O–H groups in total. The van der Waals surface area contributed by atoms with Gasteiger partial charge in [0, 0.05) is 6.54 Å². The van der Waals surface area contributed by atoms with E-state index in [1.54, 1.807) is 0 Å². The Morgan fingerprint density at radius 1 is 1.10 bits per heavy atom. The van der Waals surface area contributed by atoms with Crippen LogP contribution in [-0.2, 0) is 6.18 Å². The van der Waals surface area contributed by atoms with Crippen molar-refractivity contribution >= 4 is 0 Å². The van der Waals surface area contributed by atoms with E-state index in [0.29, 0.717) is 0 Å². The Kier molecular flexibility index (Phi) is 5.27. The average molecular weight is 301 g/mol. The van der Waals surface area contributed by atoms with Crippen LogP contribution in [0, 0.1) is 0 Å². The number of hydrogen-bond acceptors (Lipinski definition) is 2. The molecule has 8 heteroatoms. The minimum absolute atomic E-state index is 0.217. The van der Waals surface area contributed by atoms with Crippen LogP contribution in [0.25, 0.3) is 0 Å². The van der Waals surface area contributed by atoms with Gasteiger partial charge in [-0.05, 0) is 19.1 Å². The third kappa shape index (κ3) is 5.68. The zero-order valence-corrected chi connectivity index (χ0v) is 10.5. The van der Waals surface area contributed by atoms with Crippen LogP contribution in [0.1, 0.15) is 12.5 Å². The van der Waals surface area contributed by atoms with Gasteiger partial charge in [0.05, 0.1) is 12.1 Å². The van der Waals surface area contributed by atoms with E-state index in [4.69, 9.17) is 4.74 Å². The molecule has 0 fully saturated rings. The second-order valence-corrected chi connectivity index (χ2v) is 4.17. The van der Waals surface area contributed by atoms with Gasteiger partial charge < -0.3 is 10.1 Å². The Hall–Kier alpha value is -1.44. The lowest BCUT2D eigenvalue weighted by molar-refractivity contribution is -0.139. The molecule has 1 atom stereocenters. The summed E-state index contributed by atoms with van der Waals surface area (Å²) in [6, 6.07) is 4.55. The van der Waals surface area contributed by atoms with Crippen LogP contribution < -0.4 is 10.1 Å². The van der Waals surface area contributed by atoms with Crippen LogP contribution in [0.4, 0.5) is 26.3 Å². The van der Waals surface area contributed by atoms with E-state index < -0.39 is 36.3 Å². The highest BCUT2D eigenvalue weighted by Gasteiger charge is 2.34. The minimum atomic E-state index is -4.57. The molecule has 114 valence electrons. The monoisotopic (exact) mass is 301 g/mol. The van der Waals surface area contributed by atoms with E-state index in [1.807, 2.05) is 0 Å². The maximum atomic E-state index is 12.7. The summed E-state index contributed by atoms with van der Waals surface area (Å²) < 4.78 is 78.7. The molecule has 0 amide bonds. The predicted molar refractivity (Wildman–Crippen MR) is 60.5 cm³/mol. The topological polar surface area (TPSA) is 21.3 Å². The molecular weight excluding hydrogens is 288 g/mol. The number of hydrogen-bond donors (Lipinski definition) is 1. The average Bonchev–Trinajstić information content (AvgIpc) is 2.26. The quantitative estimate of drug-likeness (QED) is 0.839. The Morgan fingerprint density at radius 2 is 1.70 bits per heavy atom. The Morgan fingerprint density at radius 3 is 2.25 bits per heavy atom. The normalized spacial score (nSPS) is 14.2. The number of benzene rings is 1. The predicted octanol–water partition coefficient (Wildman–Crippen LogP) is 3.62. The summed E-state index contributed by atoms with van der Waals surface area (Å²) in [5, 5.41) is 2.07. The van der Waals surface area contributed by atoms with Gasteiger partial charge in [-0.3, -0.25) is 0 Å². The smallest absolute Gasteiger partial charge is 0.419 e. The van der Waals surface area contributed by atoms with Gasteiger partial charge >= 0.3 is 12.4 Å². The molecule has 0 aromatic heterocycles. The fourth-order valence-corrected chi connectivity index (χ4v) is 1.48. The van der Waals surface area contributed by atoms with Gasteiger partial charge in [-0.2, -0.15) is 26.3 Å². The van der Waals surface area contributed by atoms with E-state index >= 15 is 0 Å². The fourth-order valence-electron chi connectivity index (χ4n) is 1.48. The van der Waals surface area contributed by atoms with Crippen molar-refractivity contribution in [2.45, 2.75) is 25.4 Å². The standard InChI is InChI=1S/C12H13F6NO/c1-8(6-19-7-11(13,14)15)20-10-5-3-2-4-9(10)12(16,17)18/h2-5,8,19H,6-7H2,1H3. The van der Waals surface area contributed by atoms with Crippen molar-refractivity contribution in [1.82, 2.24) is 5.32 Å². The molecule has 0 spiro atoms. The molecule has 0 aliphatic rings. The van der Waals surface area contributed by atoms with Crippen molar-refractivity contribution in [3.05, 3.63) is 29.8 Å². The Bertz CT molecular complexity index is 429. The first kappa shape index (κ1) is 16.6. The van der Waals surface area contributed by atoms with E-state index in [9.17, 15) is 26.3 Å². The van der Waals surface area contributed by atoms with E-state index in [1.165, 1.54) is 19.1 Å². The fraction of sp³-hybridized carbons (Fsp3) is 0.500. The third-order valence-corrected chi connectivity index (χ3v) is 2.28. The number of halogens is 6. The van der Waals surface area contributed by atoms with Crippen molar-refractivity contribution in [2.24, 2.45) is 0 Å². The molecule has 0 heterocycles.